The van der Waals surface area contributed by atoms with E-state index >= 15 is 0 Å². The number of hydrogen-bond donors (Lipinski definition) is 3. The number of carbonyl (C=O) groups is 2. The molecule has 2 amide bonds. The number of hydrogen-bond acceptors (Lipinski definition) is 4. The summed E-state index contributed by atoms with van der Waals surface area (Å²) in [5.41, 5.74) is 6.94. The molecule has 0 atom stereocenters. The fraction of sp³-hybridized carbons (Fsp3) is 0.0625. The van der Waals surface area contributed by atoms with E-state index in [-0.39, 0.29) is 18.4 Å². The zero-order valence-corrected chi connectivity index (χ0v) is 12.0. The Labute approximate surface area is 131 Å². The number of benzene rings is 2. The van der Waals surface area contributed by atoms with Crippen LogP contribution in [-0.2, 0) is 4.79 Å². The van der Waals surface area contributed by atoms with Gasteiger partial charge in [0, 0.05) is 16.8 Å². The van der Waals surface area contributed by atoms with Crippen LogP contribution in [0.3, 0.4) is 0 Å². The highest BCUT2D eigenvalue weighted by Gasteiger charge is 2.12. The van der Waals surface area contributed by atoms with E-state index in [4.69, 9.17) is 0 Å². The number of aliphatic imine (C=N–C) groups is 1. The molecule has 7 heteroatoms. The summed E-state index contributed by atoms with van der Waals surface area (Å²) in [5, 5.41) is 2.72. The third-order valence-electron chi connectivity index (χ3n) is 3.22. The Hall–Kier alpha value is -3.22. The average molecular weight is 312 g/mol. The van der Waals surface area contributed by atoms with Crippen molar-refractivity contribution in [2.75, 3.05) is 11.9 Å². The Morgan fingerprint density at radius 1 is 1.04 bits per heavy atom. The maximum Gasteiger partial charge on any atom is 0.260 e. The smallest absolute Gasteiger partial charge is 0.260 e. The first-order valence-corrected chi connectivity index (χ1v) is 6.88. The molecule has 3 N–H and O–H groups in total. The summed E-state index contributed by atoms with van der Waals surface area (Å²) >= 11 is 0. The Balaban J connectivity index is 1.69. The topological polar surface area (TPSA) is 82.6 Å². The van der Waals surface area contributed by atoms with Gasteiger partial charge >= 0.3 is 0 Å². The van der Waals surface area contributed by atoms with Gasteiger partial charge < -0.3 is 5.32 Å². The van der Waals surface area contributed by atoms with Gasteiger partial charge in [-0.2, -0.15) is 0 Å². The van der Waals surface area contributed by atoms with Gasteiger partial charge in [0.25, 0.3) is 11.8 Å². The number of anilines is 1. The van der Waals surface area contributed by atoms with Crippen molar-refractivity contribution in [3.63, 3.8) is 0 Å². The third kappa shape index (κ3) is 3.52. The predicted molar refractivity (Wildman–Crippen MR) is 83.5 cm³/mol. The molecule has 0 spiro atoms. The molecule has 0 bridgehead atoms. The van der Waals surface area contributed by atoms with Crippen LogP contribution < -0.4 is 16.2 Å². The van der Waals surface area contributed by atoms with Crippen LogP contribution >= 0.6 is 0 Å². The highest BCUT2D eigenvalue weighted by atomic mass is 19.1. The van der Waals surface area contributed by atoms with Gasteiger partial charge in [-0.1, -0.05) is 0 Å². The SMILES string of the molecule is O=C1CN=C(c2ccc(NC(=O)c3ccc(F)cc3)cc2)NN1. The normalized spacial score (nSPS) is 13.6. The van der Waals surface area contributed by atoms with E-state index in [1.807, 2.05) is 0 Å². The van der Waals surface area contributed by atoms with Crippen molar-refractivity contribution in [1.29, 1.82) is 0 Å². The third-order valence-corrected chi connectivity index (χ3v) is 3.22. The Bertz CT molecular complexity index is 770. The van der Waals surface area contributed by atoms with E-state index in [0.29, 0.717) is 17.1 Å². The predicted octanol–water partition coefficient (Wildman–Crippen LogP) is 1.46. The molecule has 1 aliphatic rings. The van der Waals surface area contributed by atoms with Crippen LogP contribution in [0.1, 0.15) is 15.9 Å². The molecular weight excluding hydrogens is 299 g/mol. The number of amidine groups is 1. The average Bonchev–Trinajstić information content (AvgIpc) is 2.57. The van der Waals surface area contributed by atoms with Gasteiger partial charge in [-0.3, -0.25) is 25.4 Å². The van der Waals surface area contributed by atoms with E-state index < -0.39 is 5.82 Å². The summed E-state index contributed by atoms with van der Waals surface area (Å²) in [6, 6.07) is 12.3. The van der Waals surface area contributed by atoms with Gasteiger partial charge in [0.05, 0.1) is 0 Å². The van der Waals surface area contributed by atoms with Gasteiger partial charge in [0.1, 0.15) is 18.2 Å². The molecule has 1 heterocycles. The molecule has 6 nitrogen and oxygen atoms in total. The van der Waals surface area contributed by atoms with Crippen LogP contribution in [0, 0.1) is 5.82 Å². The Morgan fingerprint density at radius 2 is 1.74 bits per heavy atom. The van der Waals surface area contributed by atoms with Crippen molar-refractivity contribution in [3.8, 4) is 0 Å². The number of carbonyl (C=O) groups excluding carboxylic acids is 2. The fourth-order valence-electron chi connectivity index (χ4n) is 2.04. The maximum absolute atomic E-state index is 12.8. The molecule has 2 aromatic carbocycles. The van der Waals surface area contributed by atoms with Crippen molar-refractivity contribution < 1.29 is 14.0 Å². The molecule has 1 aliphatic heterocycles. The number of halogens is 1. The molecular formula is C16H13FN4O2. The lowest BCUT2D eigenvalue weighted by molar-refractivity contribution is -0.120. The van der Waals surface area contributed by atoms with Crippen LogP contribution in [0.15, 0.2) is 53.5 Å². The standard InChI is InChI=1S/C16H13FN4O2/c17-12-5-1-11(2-6-12)16(23)19-13-7-3-10(4-8-13)15-18-9-14(22)20-21-15/h1-8H,9H2,(H,18,21)(H,19,23)(H,20,22). The minimum atomic E-state index is -0.390. The zero-order chi connectivity index (χ0) is 16.2. The van der Waals surface area contributed by atoms with Gasteiger partial charge in [-0.25, -0.2) is 4.39 Å². The lowest BCUT2D eigenvalue weighted by Crippen LogP contribution is -2.47. The summed E-state index contributed by atoms with van der Waals surface area (Å²) < 4.78 is 12.8. The highest BCUT2D eigenvalue weighted by molar-refractivity contribution is 6.05. The second-order valence-electron chi connectivity index (χ2n) is 4.88. The van der Waals surface area contributed by atoms with Gasteiger partial charge in [-0.15, -0.1) is 0 Å². The van der Waals surface area contributed by atoms with Crippen molar-refractivity contribution in [3.05, 3.63) is 65.5 Å². The molecule has 0 unspecified atom stereocenters. The van der Waals surface area contributed by atoms with Crippen molar-refractivity contribution in [2.24, 2.45) is 4.99 Å². The lowest BCUT2D eigenvalue weighted by atomic mass is 10.1. The molecule has 0 saturated heterocycles. The molecule has 2 aromatic rings. The minimum absolute atomic E-state index is 0.0748. The first kappa shape index (κ1) is 14.7. The Kier molecular flexibility index (Phi) is 4.01. The van der Waals surface area contributed by atoms with Crippen molar-refractivity contribution >= 4 is 23.3 Å². The van der Waals surface area contributed by atoms with E-state index in [1.165, 1.54) is 24.3 Å². The van der Waals surface area contributed by atoms with E-state index in [1.54, 1.807) is 24.3 Å². The zero-order valence-electron chi connectivity index (χ0n) is 12.0. The molecule has 0 fully saturated rings. The molecule has 0 aliphatic carbocycles. The Morgan fingerprint density at radius 3 is 2.35 bits per heavy atom. The van der Waals surface area contributed by atoms with Crippen LogP contribution in [0.2, 0.25) is 0 Å². The first-order valence-electron chi connectivity index (χ1n) is 6.88. The van der Waals surface area contributed by atoms with E-state index in [0.717, 1.165) is 5.56 Å². The fourth-order valence-corrected chi connectivity index (χ4v) is 2.04. The molecule has 23 heavy (non-hydrogen) atoms. The second-order valence-corrected chi connectivity index (χ2v) is 4.88. The summed E-state index contributed by atoms with van der Waals surface area (Å²) in [7, 11) is 0. The number of rotatable bonds is 3. The molecule has 0 saturated carbocycles. The molecule has 0 radical (unpaired) electrons. The van der Waals surface area contributed by atoms with Crippen LogP contribution in [0.25, 0.3) is 0 Å². The molecule has 0 aromatic heterocycles. The molecule has 3 rings (SSSR count). The number of hydrazine groups is 1. The lowest BCUT2D eigenvalue weighted by Gasteiger charge is -2.15. The summed E-state index contributed by atoms with van der Waals surface area (Å²) in [4.78, 5) is 27.1. The summed E-state index contributed by atoms with van der Waals surface area (Å²) in [6.45, 7) is 0.0748. The first-order chi connectivity index (χ1) is 11.1. The second kappa shape index (κ2) is 6.27. The molecule has 116 valence electrons. The quantitative estimate of drug-likeness (QED) is 0.802. The largest absolute Gasteiger partial charge is 0.322 e. The van der Waals surface area contributed by atoms with Crippen molar-refractivity contribution in [2.45, 2.75) is 0 Å². The van der Waals surface area contributed by atoms with Gasteiger partial charge in [0.2, 0.25) is 0 Å². The van der Waals surface area contributed by atoms with Gasteiger partial charge in [0.15, 0.2) is 0 Å². The highest BCUT2D eigenvalue weighted by Crippen LogP contribution is 2.12. The van der Waals surface area contributed by atoms with Crippen LogP contribution in [0.5, 0.6) is 0 Å². The van der Waals surface area contributed by atoms with Gasteiger partial charge in [-0.05, 0) is 48.5 Å². The summed E-state index contributed by atoms with van der Waals surface area (Å²) in [5.74, 6) is -0.352. The van der Waals surface area contributed by atoms with E-state index in [2.05, 4.69) is 21.2 Å². The van der Waals surface area contributed by atoms with Crippen LogP contribution in [0.4, 0.5) is 10.1 Å². The van der Waals surface area contributed by atoms with Crippen LogP contribution in [-0.4, -0.2) is 24.2 Å². The van der Waals surface area contributed by atoms with Crippen molar-refractivity contribution in [1.82, 2.24) is 10.9 Å². The number of amides is 2. The summed E-state index contributed by atoms with van der Waals surface area (Å²) in [6.07, 6.45) is 0. The number of nitrogens with zero attached hydrogens (tertiary/aromatic N) is 1. The van der Waals surface area contributed by atoms with E-state index in [9.17, 15) is 14.0 Å². The number of nitrogens with one attached hydrogen (secondary N) is 3. The maximum atomic E-state index is 12.8. The monoisotopic (exact) mass is 312 g/mol. The minimum Gasteiger partial charge on any atom is -0.322 e.